The Kier molecular flexibility index (Phi) is 10.2. The number of carbonyl (C=O) groups is 2. The van der Waals surface area contributed by atoms with Crippen LogP contribution in [0.1, 0.15) is 85.5 Å². The van der Waals surface area contributed by atoms with E-state index in [1.165, 1.54) is 26.9 Å². The number of rotatable bonds is 10. The van der Waals surface area contributed by atoms with Gasteiger partial charge in [0.05, 0.1) is 25.0 Å². The van der Waals surface area contributed by atoms with E-state index in [2.05, 4.69) is 11.7 Å². The molecule has 0 aliphatic heterocycles. The smallest absolute Gasteiger partial charge is 0.311 e. The second-order valence-electron chi connectivity index (χ2n) is 10.1. The summed E-state index contributed by atoms with van der Waals surface area (Å²) in [6, 6.07) is 0. The maximum Gasteiger partial charge on any atom is 0.311 e. The van der Waals surface area contributed by atoms with Crippen molar-refractivity contribution in [1.82, 2.24) is 0 Å². The molecule has 5 nitrogen and oxygen atoms in total. The van der Waals surface area contributed by atoms with E-state index in [4.69, 9.17) is 4.74 Å². The molecule has 3 unspecified atom stereocenters. The van der Waals surface area contributed by atoms with Crippen LogP contribution in [0.2, 0.25) is 0 Å². The van der Waals surface area contributed by atoms with Gasteiger partial charge in [-0.05, 0) is 69.6 Å². The van der Waals surface area contributed by atoms with Gasteiger partial charge in [-0.15, -0.1) is 0 Å². The van der Waals surface area contributed by atoms with Crippen LogP contribution in [0.15, 0.2) is 0 Å². The van der Waals surface area contributed by atoms with E-state index in [-0.39, 0.29) is 24.4 Å². The van der Waals surface area contributed by atoms with Crippen LogP contribution in [0.25, 0.3) is 0 Å². The normalized spacial score (nSPS) is 32.3. The number of carbonyl (C=O) groups excluding carboxylic acids is 2. The summed E-state index contributed by atoms with van der Waals surface area (Å²) in [5.41, 5.74) is 0. The maximum atomic E-state index is 14.4. The van der Waals surface area contributed by atoms with Gasteiger partial charge in [-0.25, -0.2) is 4.39 Å². The summed E-state index contributed by atoms with van der Waals surface area (Å²) in [4.78, 5) is 24.0. The average Bonchev–Trinajstić information content (AvgIpc) is 2.76. The highest BCUT2D eigenvalue weighted by atomic mass is 19.1. The van der Waals surface area contributed by atoms with Gasteiger partial charge in [0.15, 0.2) is 0 Å². The second-order valence-corrected chi connectivity index (χ2v) is 10.1. The Balaban J connectivity index is 2.00. The number of aliphatic hydroxyl groups is 1. The number of alkyl halides is 1. The summed E-state index contributed by atoms with van der Waals surface area (Å²) < 4.78 is 25.0. The van der Waals surface area contributed by atoms with Crippen molar-refractivity contribution in [2.75, 3.05) is 7.11 Å². The molecule has 0 aromatic heterocycles. The molecule has 0 aromatic carbocycles. The van der Waals surface area contributed by atoms with Crippen molar-refractivity contribution in [3.8, 4) is 0 Å². The number of ether oxygens (including phenoxy) is 2. The molecule has 0 radical (unpaired) electrons. The highest BCUT2D eigenvalue weighted by Gasteiger charge is 2.45. The Morgan fingerprint density at radius 1 is 1.13 bits per heavy atom. The van der Waals surface area contributed by atoms with Crippen molar-refractivity contribution in [3.05, 3.63) is 0 Å². The maximum absolute atomic E-state index is 14.4. The predicted molar refractivity (Wildman–Crippen MR) is 118 cm³/mol. The Morgan fingerprint density at radius 2 is 1.84 bits per heavy atom. The summed E-state index contributed by atoms with van der Waals surface area (Å²) in [7, 11) is 1.25. The molecule has 0 amide bonds. The Labute approximate surface area is 187 Å². The summed E-state index contributed by atoms with van der Waals surface area (Å²) in [6.07, 6.45) is 5.27. The Bertz CT molecular complexity index is 582. The highest BCUT2D eigenvalue weighted by Crippen LogP contribution is 2.49. The van der Waals surface area contributed by atoms with E-state index >= 15 is 0 Å². The van der Waals surface area contributed by atoms with Gasteiger partial charge in [0, 0.05) is 12.3 Å². The zero-order valence-electron chi connectivity index (χ0n) is 20.0. The van der Waals surface area contributed by atoms with Gasteiger partial charge < -0.3 is 14.6 Å². The van der Waals surface area contributed by atoms with E-state index in [0.29, 0.717) is 30.1 Å². The fourth-order valence-electron chi connectivity index (χ4n) is 5.65. The zero-order chi connectivity index (χ0) is 23.1. The molecule has 0 aromatic rings. The number of halogens is 1. The molecule has 0 heterocycles. The third-order valence-corrected chi connectivity index (χ3v) is 7.98. The van der Waals surface area contributed by atoms with Gasteiger partial charge in [-0.1, -0.05) is 27.2 Å². The van der Waals surface area contributed by atoms with Gasteiger partial charge >= 0.3 is 11.9 Å². The van der Waals surface area contributed by atoms with Crippen molar-refractivity contribution < 1.29 is 28.6 Å². The van der Waals surface area contributed by atoms with Gasteiger partial charge in [0.2, 0.25) is 0 Å². The number of esters is 2. The fraction of sp³-hybridized carbons (Fsp3) is 0.920. The van der Waals surface area contributed by atoms with E-state index < -0.39 is 24.2 Å². The minimum Gasteiger partial charge on any atom is -0.469 e. The fourth-order valence-corrected chi connectivity index (χ4v) is 5.65. The van der Waals surface area contributed by atoms with Crippen LogP contribution in [-0.2, 0) is 19.1 Å². The third kappa shape index (κ3) is 6.90. The number of hydrogen-bond donors (Lipinski definition) is 1. The molecule has 2 fully saturated rings. The molecule has 1 N–H and O–H groups in total. The molecule has 0 spiro atoms. The van der Waals surface area contributed by atoms with Crippen LogP contribution in [0.4, 0.5) is 4.39 Å². The minimum absolute atomic E-state index is 0.0431. The number of hydrogen-bond acceptors (Lipinski definition) is 5. The van der Waals surface area contributed by atoms with Crippen LogP contribution >= 0.6 is 0 Å². The SMILES string of the molecule is CC[C@H](C)C(=O)O[C@H]1CCCC2CC[C@H](C)[C@H](CC[C@@H](O)C[C@H](F)C(C)C(=O)OC)C21. The van der Waals surface area contributed by atoms with Crippen LogP contribution in [-0.4, -0.2) is 42.5 Å². The Morgan fingerprint density at radius 3 is 2.48 bits per heavy atom. The first-order chi connectivity index (χ1) is 14.7. The molecule has 31 heavy (non-hydrogen) atoms. The van der Waals surface area contributed by atoms with Crippen molar-refractivity contribution in [1.29, 1.82) is 0 Å². The average molecular weight is 443 g/mol. The zero-order valence-corrected chi connectivity index (χ0v) is 20.0. The molecule has 2 saturated carbocycles. The summed E-state index contributed by atoms with van der Waals surface area (Å²) in [5, 5.41) is 10.5. The van der Waals surface area contributed by atoms with Crippen LogP contribution in [0, 0.1) is 35.5 Å². The van der Waals surface area contributed by atoms with Crippen LogP contribution in [0.5, 0.6) is 0 Å². The summed E-state index contributed by atoms with van der Waals surface area (Å²) in [6.45, 7) is 7.67. The molecule has 2 aliphatic carbocycles. The molecule has 9 atom stereocenters. The molecule has 180 valence electrons. The number of aliphatic hydroxyl groups excluding tert-OH is 1. The summed E-state index contributed by atoms with van der Waals surface area (Å²) >= 11 is 0. The largest absolute Gasteiger partial charge is 0.469 e. The van der Waals surface area contributed by atoms with Crippen molar-refractivity contribution in [3.63, 3.8) is 0 Å². The Hall–Kier alpha value is -1.17. The number of methoxy groups -OCH3 is 1. The van der Waals surface area contributed by atoms with E-state index in [9.17, 15) is 19.1 Å². The van der Waals surface area contributed by atoms with Crippen LogP contribution < -0.4 is 0 Å². The monoisotopic (exact) mass is 442 g/mol. The first-order valence-corrected chi connectivity index (χ1v) is 12.3. The van der Waals surface area contributed by atoms with Gasteiger partial charge in [0.1, 0.15) is 12.3 Å². The van der Waals surface area contributed by atoms with Crippen LogP contribution in [0.3, 0.4) is 0 Å². The van der Waals surface area contributed by atoms with Crippen molar-refractivity contribution in [2.45, 2.75) is 104 Å². The molecule has 0 bridgehead atoms. The molecule has 2 aliphatic rings. The number of fused-ring (bicyclic) bond motifs is 1. The lowest BCUT2D eigenvalue weighted by atomic mass is 9.59. The predicted octanol–water partition coefficient (Wildman–Crippen LogP) is 5.09. The molecular weight excluding hydrogens is 399 g/mol. The molecular formula is C25H43FO5. The lowest BCUT2D eigenvalue weighted by Crippen LogP contribution is -2.46. The van der Waals surface area contributed by atoms with Gasteiger partial charge in [-0.2, -0.15) is 0 Å². The second kappa shape index (κ2) is 12.2. The first-order valence-electron chi connectivity index (χ1n) is 12.3. The first kappa shape index (κ1) is 26.1. The van der Waals surface area contributed by atoms with Gasteiger partial charge in [0.25, 0.3) is 0 Å². The lowest BCUT2D eigenvalue weighted by molar-refractivity contribution is -0.165. The van der Waals surface area contributed by atoms with Crippen molar-refractivity contribution in [2.24, 2.45) is 35.5 Å². The summed E-state index contributed by atoms with van der Waals surface area (Å²) in [5.74, 6) is 0.105. The van der Waals surface area contributed by atoms with E-state index in [1.54, 1.807) is 0 Å². The topological polar surface area (TPSA) is 72.8 Å². The standard InChI is InChI=1S/C25H43FO5/c1-6-15(2)24(28)31-22-9-7-8-18-11-10-16(3)20(23(18)22)13-12-19(27)14-21(26)17(4)25(29)30-5/h15-23,27H,6-14H2,1-5H3/t15-,16-,17?,18?,19+,20-,21-,22-,23?/m0/s1. The highest BCUT2D eigenvalue weighted by molar-refractivity contribution is 5.72. The van der Waals surface area contributed by atoms with Gasteiger partial charge in [-0.3, -0.25) is 9.59 Å². The molecule has 6 heteroatoms. The molecule has 0 saturated heterocycles. The third-order valence-electron chi connectivity index (χ3n) is 7.98. The molecule has 2 rings (SSSR count). The van der Waals surface area contributed by atoms with E-state index in [1.807, 2.05) is 13.8 Å². The lowest BCUT2D eigenvalue weighted by Gasteiger charge is -2.48. The van der Waals surface area contributed by atoms with E-state index in [0.717, 1.165) is 32.1 Å². The minimum atomic E-state index is -1.42. The quantitative estimate of drug-likeness (QED) is 0.477. The van der Waals surface area contributed by atoms with Crippen molar-refractivity contribution >= 4 is 11.9 Å².